The molecule has 0 atom stereocenters. The van der Waals surface area contributed by atoms with Crippen LogP contribution in [-0.2, 0) is 18.9 Å². The molecule has 13 heteroatoms. The van der Waals surface area contributed by atoms with E-state index >= 15 is 0 Å². The first-order valence-corrected chi connectivity index (χ1v) is 7.12. The normalized spacial score (nSPS) is 12.3. The van der Waals surface area contributed by atoms with Gasteiger partial charge >= 0.3 is 12.4 Å². The Hall–Kier alpha value is -3.12. The molecular weight excluding hydrogens is 386 g/mol. The molecule has 1 heterocycles. The first-order chi connectivity index (χ1) is 12.3. The maximum Gasteiger partial charge on any atom is 0.435 e. The number of nitrogens with zero attached hydrogens (tertiary/aromatic N) is 3. The van der Waals surface area contributed by atoms with Gasteiger partial charge in [-0.1, -0.05) is 0 Å². The number of hydrogen-bond donors (Lipinski definition) is 1. The zero-order valence-electron chi connectivity index (χ0n) is 13.4. The second-order valence-electron chi connectivity index (χ2n) is 5.23. The van der Waals surface area contributed by atoms with Gasteiger partial charge in [-0.2, -0.15) is 26.3 Å². The Morgan fingerprint density at radius 2 is 1.78 bits per heavy atom. The van der Waals surface area contributed by atoms with Crippen molar-refractivity contribution < 1.29 is 31.3 Å². The predicted molar refractivity (Wildman–Crippen MR) is 80.7 cm³/mol. The Bertz CT molecular complexity index is 965. The highest BCUT2D eigenvalue weighted by atomic mass is 19.4. The minimum absolute atomic E-state index is 0.158. The van der Waals surface area contributed by atoms with Crippen LogP contribution in [0.2, 0.25) is 0 Å². The number of halogens is 6. The van der Waals surface area contributed by atoms with Gasteiger partial charge in [0.2, 0.25) is 0 Å². The minimum Gasteiger partial charge on any atom is -0.392 e. The van der Waals surface area contributed by atoms with Crippen molar-refractivity contribution in [1.82, 2.24) is 9.55 Å². The van der Waals surface area contributed by atoms with Crippen LogP contribution in [-0.4, -0.2) is 14.5 Å². The Kier molecular flexibility index (Phi) is 4.90. The Labute approximate surface area is 146 Å². The van der Waals surface area contributed by atoms with E-state index in [0.717, 1.165) is 0 Å². The molecule has 146 valence electrons. The summed E-state index contributed by atoms with van der Waals surface area (Å²) in [5.74, 6) is -0.953. The van der Waals surface area contributed by atoms with Crippen LogP contribution in [0.25, 0.3) is 11.4 Å². The standard InChI is InChI=1S/C14H10F6N4O3/c1-2-23-11(22-10(14(18,19)20)9(21)12(23)25)7-4-3-6(24(26)27)5-8(7)13(15,16)17/h3-5H,2,21H2,1H3. The van der Waals surface area contributed by atoms with E-state index in [1.807, 2.05) is 0 Å². The van der Waals surface area contributed by atoms with Crippen LogP contribution in [0.3, 0.4) is 0 Å². The van der Waals surface area contributed by atoms with Gasteiger partial charge in [-0.25, -0.2) is 4.98 Å². The first kappa shape index (κ1) is 20.2. The maximum absolute atomic E-state index is 13.3. The van der Waals surface area contributed by atoms with E-state index in [0.29, 0.717) is 16.7 Å². The van der Waals surface area contributed by atoms with Crippen molar-refractivity contribution in [2.75, 3.05) is 5.73 Å². The third kappa shape index (κ3) is 3.71. The molecule has 0 saturated heterocycles. The van der Waals surface area contributed by atoms with Gasteiger partial charge in [0.1, 0.15) is 11.5 Å². The van der Waals surface area contributed by atoms with Gasteiger partial charge in [0.25, 0.3) is 11.2 Å². The maximum atomic E-state index is 13.3. The lowest BCUT2D eigenvalue weighted by Gasteiger charge is -2.18. The number of hydrogen-bond acceptors (Lipinski definition) is 5. The number of non-ortho nitro benzene ring substituents is 1. The number of rotatable bonds is 3. The van der Waals surface area contributed by atoms with Crippen LogP contribution in [0.1, 0.15) is 18.2 Å². The van der Waals surface area contributed by atoms with Crippen LogP contribution in [0.15, 0.2) is 23.0 Å². The Morgan fingerprint density at radius 3 is 2.22 bits per heavy atom. The summed E-state index contributed by atoms with van der Waals surface area (Å²) in [5.41, 5.74) is -2.77. The molecule has 0 saturated carbocycles. The number of aromatic nitrogens is 2. The number of nitrogen functional groups attached to an aromatic ring is 1. The molecule has 0 aliphatic heterocycles. The van der Waals surface area contributed by atoms with Crippen molar-refractivity contribution in [2.45, 2.75) is 25.8 Å². The van der Waals surface area contributed by atoms with Crippen LogP contribution >= 0.6 is 0 Å². The zero-order valence-corrected chi connectivity index (χ0v) is 13.4. The van der Waals surface area contributed by atoms with Gasteiger partial charge in [0.05, 0.1) is 10.5 Å². The quantitative estimate of drug-likeness (QED) is 0.486. The third-order valence-electron chi connectivity index (χ3n) is 3.55. The minimum atomic E-state index is -5.19. The van der Waals surface area contributed by atoms with Crippen LogP contribution in [0.4, 0.5) is 37.7 Å². The van der Waals surface area contributed by atoms with Crippen molar-refractivity contribution in [3.05, 3.63) is 49.9 Å². The molecule has 27 heavy (non-hydrogen) atoms. The molecular formula is C14H10F6N4O3. The fourth-order valence-electron chi connectivity index (χ4n) is 2.36. The van der Waals surface area contributed by atoms with Gasteiger partial charge in [0, 0.05) is 24.2 Å². The van der Waals surface area contributed by atoms with Crippen LogP contribution < -0.4 is 11.3 Å². The van der Waals surface area contributed by atoms with Crippen molar-refractivity contribution in [3.63, 3.8) is 0 Å². The molecule has 1 aromatic carbocycles. The van der Waals surface area contributed by atoms with Crippen molar-refractivity contribution in [3.8, 4) is 11.4 Å². The summed E-state index contributed by atoms with van der Waals surface area (Å²) >= 11 is 0. The highest BCUT2D eigenvalue weighted by molar-refractivity contribution is 5.66. The number of nitrogens with two attached hydrogens (primary N) is 1. The average Bonchev–Trinajstić information content (AvgIpc) is 2.54. The number of benzene rings is 1. The van der Waals surface area contributed by atoms with Crippen LogP contribution in [0.5, 0.6) is 0 Å². The topological polar surface area (TPSA) is 104 Å². The predicted octanol–water partition coefficient (Wildman–Crippen LogP) is 3.46. The van der Waals surface area contributed by atoms with E-state index in [1.165, 1.54) is 6.92 Å². The zero-order chi connectivity index (χ0) is 20.7. The lowest BCUT2D eigenvalue weighted by atomic mass is 10.0. The van der Waals surface area contributed by atoms with Gasteiger partial charge in [-0.05, 0) is 13.0 Å². The second kappa shape index (κ2) is 6.55. The number of anilines is 1. The largest absolute Gasteiger partial charge is 0.435 e. The van der Waals surface area contributed by atoms with Gasteiger partial charge < -0.3 is 5.73 Å². The summed E-state index contributed by atoms with van der Waals surface area (Å²) in [6, 6.07) is 1.41. The Morgan fingerprint density at radius 1 is 1.19 bits per heavy atom. The summed E-state index contributed by atoms with van der Waals surface area (Å²) in [5, 5.41) is 10.7. The summed E-state index contributed by atoms with van der Waals surface area (Å²) in [6.45, 7) is 0.954. The fourth-order valence-corrected chi connectivity index (χ4v) is 2.36. The monoisotopic (exact) mass is 396 g/mol. The molecule has 0 radical (unpaired) electrons. The number of nitro groups is 1. The smallest absolute Gasteiger partial charge is 0.392 e. The van der Waals surface area contributed by atoms with E-state index < -0.39 is 56.9 Å². The second-order valence-corrected chi connectivity index (χ2v) is 5.23. The Balaban J connectivity index is 2.95. The summed E-state index contributed by atoms with van der Waals surface area (Å²) < 4.78 is 79.7. The average molecular weight is 396 g/mol. The van der Waals surface area contributed by atoms with Crippen molar-refractivity contribution in [1.29, 1.82) is 0 Å². The third-order valence-corrected chi connectivity index (χ3v) is 3.55. The van der Waals surface area contributed by atoms with Gasteiger partial charge in [-0.15, -0.1) is 0 Å². The molecule has 1 aromatic heterocycles. The highest BCUT2D eigenvalue weighted by Gasteiger charge is 2.40. The molecule has 2 N–H and O–H groups in total. The molecule has 2 aromatic rings. The summed E-state index contributed by atoms with van der Waals surface area (Å²) in [6.07, 6.45) is -10.3. The molecule has 0 amide bonds. The SMILES string of the molecule is CCn1c(-c2ccc([N+](=O)[O-])cc2C(F)(F)F)nc(C(F)(F)F)c(N)c1=O. The molecule has 0 bridgehead atoms. The number of nitro benzene ring substituents is 1. The van der Waals surface area contributed by atoms with Gasteiger partial charge in [0.15, 0.2) is 5.69 Å². The van der Waals surface area contributed by atoms with Crippen molar-refractivity contribution in [2.24, 2.45) is 0 Å². The summed E-state index contributed by atoms with van der Waals surface area (Å²) in [7, 11) is 0. The van der Waals surface area contributed by atoms with Crippen molar-refractivity contribution >= 4 is 11.4 Å². The van der Waals surface area contributed by atoms with Gasteiger partial charge in [-0.3, -0.25) is 19.5 Å². The van der Waals surface area contributed by atoms with E-state index in [2.05, 4.69) is 4.98 Å². The molecule has 0 unspecified atom stereocenters. The molecule has 7 nitrogen and oxygen atoms in total. The van der Waals surface area contributed by atoms with E-state index in [-0.39, 0.29) is 12.6 Å². The van der Waals surface area contributed by atoms with Crippen LogP contribution in [0, 0.1) is 10.1 Å². The van der Waals surface area contributed by atoms with E-state index in [4.69, 9.17) is 5.73 Å². The first-order valence-electron chi connectivity index (χ1n) is 7.12. The molecule has 0 spiro atoms. The molecule has 2 rings (SSSR count). The highest BCUT2D eigenvalue weighted by Crippen LogP contribution is 2.39. The lowest BCUT2D eigenvalue weighted by Crippen LogP contribution is -2.30. The molecule has 0 aliphatic carbocycles. The molecule has 0 aliphatic rings. The fraction of sp³-hybridized carbons (Fsp3) is 0.286. The number of alkyl halides is 6. The lowest BCUT2D eigenvalue weighted by molar-refractivity contribution is -0.385. The molecule has 0 fully saturated rings. The van der Waals surface area contributed by atoms with E-state index in [1.54, 1.807) is 0 Å². The summed E-state index contributed by atoms with van der Waals surface area (Å²) in [4.78, 5) is 24.9. The van der Waals surface area contributed by atoms with E-state index in [9.17, 15) is 41.3 Å².